The highest BCUT2D eigenvalue weighted by atomic mass is 16.6. The summed E-state index contributed by atoms with van der Waals surface area (Å²) in [5.41, 5.74) is -1.96. The van der Waals surface area contributed by atoms with Crippen molar-refractivity contribution in [3.05, 3.63) is 36.8 Å². The average molecular weight is 294 g/mol. The Kier molecular flexibility index (Phi) is 5.61. The molecule has 1 rings (SSSR count). The van der Waals surface area contributed by atoms with E-state index in [2.05, 4.69) is 12.2 Å². The predicted octanol–water partition coefficient (Wildman–Crippen LogP) is 2.98. The van der Waals surface area contributed by atoms with Crippen molar-refractivity contribution in [3.63, 3.8) is 0 Å². The number of hydrogen-bond donors (Lipinski definition) is 2. The maximum absolute atomic E-state index is 11.7. The molecule has 1 atom stereocenters. The van der Waals surface area contributed by atoms with Crippen LogP contribution >= 0.6 is 0 Å². The zero-order chi connectivity index (χ0) is 16.1. The van der Waals surface area contributed by atoms with Crippen molar-refractivity contribution in [2.24, 2.45) is 0 Å². The number of nitrogens with one attached hydrogen (secondary N) is 1. The van der Waals surface area contributed by atoms with Crippen LogP contribution in [0.15, 0.2) is 24.3 Å². The first kappa shape index (κ1) is 17.3. The van der Waals surface area contributed by atoms with E-state index in [0.29, 0.717) is 17.9 Å². The molecule has 1 radical (unpaired) electrons. The van der Waals surface area contributed by atoms with Gasteiger partial charge in [-0.25, -0.2) is 4.79 Å². The normalized spacial score (nSPS) is 14.2. The molecular formula is C16H24NO4. The summed E-state index contributed by atoms with van der Waals surface area (Å²) in [6, 6.07) is 6.74. The van der Waals surface area contributed by atoms with Crippen LogP contribution in [-0.4, -0.2) is 23.4 Å². The van der Waals surface area contributed by atoms with Crippen molar-refractivity contribution in [1.82, 2.24) is 5.32 Å². The molecule has 5 heteroatoms. The Morgan fingerprint density at radius 3 is 2.33 bits per heavy atom. The van der Waals surface area contributed by atoms with Gasteiger partial charge in [-0.3, -0.25) is 5.32 Å². The molecule has 1 aromatic carbocycles. The molecule has 2 N–H and O–H groups in total. The van der Waals surface area contributed by atoms with E-state index in [1.807, 2.05) is 6.92 Å². The third-order valence-corrected chi connectivity index (χ3v) is 2.51. The monoisotopic (exact) mass is 294 g/mol. The van der Waals surface area contributed by atoms with Gasteiger partial charge >= 0.3 is 6.09 Å². The van der Waals surface area contributed by atoms with Crippen molar-refractivity contribution < 1.29 is 19.4 Å². The van der Waals surface area contributed by atoms with Crippen molar-refractivity contribution >= 4 is 6.09 Å². The molecular weight excluding hydrogens is 270 g/mol. The lowest BCUT2D eigenvalue weighted by molar-refractivity contribution is 0.00913. The van der Waals surface area contributed by atoms with E-state index in [9.17, 15) is 9.90 Å². The van der Waals surface area contributed by atoms with Crippen LogP contribution < -0.4 is 10.1 Å². The van der Waals surface area contributed by atoms with Crippen LogP contribution in [0.2, 0.25) is 0 Å². The molecule has 5 nitrogen and oxygen atoms in total. The van der Waals surface area contributed by atoms with Crippen molar-refractivity contribution in [1.29, 1.82) is 0 Å². The SMILES string of the molecule is [CH2]C(O)(NC(=O)OC(C)(C)C)c1ccc(OCCC)cc1. The topological polar surface area (TPSA) is 67.8 Å². The summed E-state index contributed by atoms with van der Waals surface area (Å²) in [6.45, 7) is 11.5. The van der Waals surface area contributed by atoms with Gasteiger partial charge < -0.3 is 14.6 Å². The highest BCUT2D eigenvalue weighted by Gasteiger charge is 2.28. The van der Waals surface area contributed by atoms with Crippen LogP contribution in [-0.2, 0) is 10.5 Å². The number of benzene rings is 1. The van der Waals surface area contributed by atoms with Gasteiger partial charge in [0, 0.05) is 12.5 Å². The number of rotatable bonds is 5. The van der Waals surface area contributed by atoms with E-state index in [1.165, 1.54) is 0 Å². The minimum atomic E-state index is -1.76. The molecule has 0 aliphatic rings. The van der Waals surface area contributed by atoms with Gasteiger partial charge in [-0.15, -0.1) is 0 Å². The summed E-state index contributed by atoms with van der Waals surface area (Å²) in [6.07, 6.45) is 0.188. The minimum absolute atomic E-state index is 0.442. The molecule has 0 fully saturated rings. The van der Waals surface area contributed by atoms with Gasteiger partial charge in [0.05, 0.1) is 6.61 Å². The van der Waals surface area contributed by atoms with Crippen molar-refractivity contribution in [2.45, 2.75) is 45.4 Å². The Morgan fingerprint density at radius 2 is 1.86 bits per heavy atom. The maximum atomic E-state index is 11.7. The molecule has 0 bridgehead atoms. The summed E-state index contributed by atoms with van der Waals surface area (Å²) in [4.78, 5) is 11.7. The second-order valence-corrected chi connectivity index (χ2v) is 5.86. The number of carbonyl (C=O) groups is 1. The zero-order valence-electron chi connectivity index (χ0n) is 13.1. The average Bonchev–Trinajstić information content (AvgIpc) is 2.33. The minimum Gasteiger partial charge on any atom is -0.494 e. The van der Waals surface area contributed by atoms with E-state index in [0.717, 1.165) is 6.42 Å². The quantitative estimate of drug-likeness (QED) is 0.819. The number of carbonyl (C=O) groups excluding carboxylic acids is 1. The highest BCUT2D eigenvalue weighted by molar-refractivity contribution is 5.69. The molecule has 0 spiro atoms. The van der Waals surface area contributed by atoms with Gasteiger partial charge in [0.15, 0.2) is 5.72 Å². The fourth-order valence-electron chi connectivity index (χ4n) is 1.59. The largest absolute Gasteiger partial charge is 0.494 e. The molecule has 0 aliphatic heterocycles. The number of amides is 1. The highest BCUT2D eigenvalue weighted by Crippen LogP contribution is 2.21. The number of hydrogen-bond acceptors (Lipinski definition) is 4. The lowest BCUT2D eigenvalue weighted by Crippen LogP contribution is -2.45. The smallest absolute Gasteiger partial charge is 0.410 e. The molecule has 1 unspecified atom stereocenters. The van der Waals surface area contributed by atoms with Crippen LogP contribution in [0.25, 0.3) is 0 Å². The first-order valence-corrected chi connectivity index (χ1v) is 6.96. The Bertz CT molecular complexity index is 460. The second kappa shape index (κ2) is 6.80. The Morgan fingerprint density at radius 1 is 1.29 bits per heavy atom. The van der Waals surface area contributed by atoms with Crippen LogP contribution in [0, 0.1) is 6.92 Å². The van der Waals surface area contributed by atoms with Crippen LogP contribution in [0.1, 0.15) is 39.7 Å². The maximum Gasteiger partial charge on any atom is 0.410 e. The second-order valence-electron chi connectivity index (χ2n) is 5.86. The first-order valence-electron chi connectivity index (χ1n) is 6.96. The molecule has 1 aromatic rings. The zero-order valence-corrected chi connectivity index (χ0v) is 13.1. The number of ether oxygens (including phenoxy) is 2. The number of alkyl carbamates (subject to hydrolysis) is 1. The molecule has 117 valence electrons. The molecule has 1 amide bonds. The molecule has 21 heavy (non-hydrogen) atoms. The first-order chi connectivity index (χ1) is 9.64. The Labute approximate surface area is 126 Å². The standard InChI is InChI=1S/C16H24NO4/c1-6-11-20-13-9-7-12(8-10-13)16(5,19)17-14(18)21-15(2,3)4/h7-10,19H,5-6,11H2,1-4H3,(H,17,18). The molecule has 0 heterocycles. The third-order valence-electron chi connectivity index (χ3n) is 2.51. The molecule has 0 saturated heterocycles. The van der Waals surface area contributed by atoms with E-state index in [-0.39, 0.29) is 0 Å². The Hall–Kier alpha value is -1.75. The number of aliphatic hydroxyl groups is 1. The van der Waals surface area contributed by atoms with Gasteiger partial charge in [-0.1, -0.05) is 19.1 Å². The van der Waals surface area contributed by atoms with Crippen molar-refractivity contribution in [3.8, 4) is 5.75 Å². The summed E-state index contributed by atoms with van der Waals surface area (Å²) >= 11 is 0. The van der Waals surface area contributed by atoms with E-state index in [1.54, 1.807) is 45.0 Å². The predicted molar refractivity (Wildman–Crippen MR) is 80.9 cm³/mol. The fourth-order valence-corrected chi connectivity index (χ4v) is 1.59. The summed E-state index contributed by atoms with van der Waals surface area (Å²) in [7, 11) is 0. The van der Waals surface area contributed by atoms with Gasteiger partial charge in [-0.2, -0.15) is 0 Å². The van der Waals surface area contributed by atoms with Crippen LogP contribution in [0.4, 0.5) is 4.79 Å². The summed E-state index contributed by atoms with van der Waals surface area (Å²) < 4.78 is 10.6. The lowest BCUT2D eigenvalue weighted by atomic mass is 10.1. The lowest BCUT2D eigenvalue weighted by Gasteiger charge is -2.27. The van der Waals surface area contributed by atoms with E-state index >= 15 is 0 Å². The van der Waals surface area contributed by atoms with Crippen LogP contribution in [0.5, 0.6) is 5.75 Å². The van der Waals surface area contributed by atoms with Crippen LogP contribution in [0.3, 0.4) is 0 Å². The van der Waals surface area contributed by atoms with Gasteiger partial charge in [0.25, 0.3) is 0 Å². The molecule has 0 aliphatic carbocycles. The Balaban J connectivity index is 2.71. The molecule has 0 aromatic heterocycles. The molecule has 0 saturated carbocycles. The van der Waals surface area contributed by atoms with E-state index in [4.69, 9.17) is 9.47 Å². The summed E-state index contributed by atoms with van der Waals surface area (Å²) in [5, 5.41) is 12.6. The van der Waals surface area contributed by atoms with Gasteiger partial charge in [0.1, 0.15) is 11.4 Å². The van der Waals surface area contributed by atoms with E-state index < -0.39 is 17.4 Å². The van der Waals surface area contributed by atoms with Gasteiger partial charge in [-0.05, 0) is 39.3 Å². The van der Waals surface area contributed by atoms with Crippen molar-refractivity contribution in [2.75, 3.05) is 6.61 Å². The van der Waals surface area contributed by atoms with Gasteiger partial charge in [0.2, 0.25) is 0 Å². The third kappa shape index (κ3) is 6.04. The fraction of sp³-hybridized carbons (Fsp3) is 0.500. The summed E-state index contributed by atoms with van der Waals surface area (Å²) in [5.74, 6) is 0.702.